The molecular weight excluding hydrogens is 262 g/mol. The fraction of sp³-hybridized carbons (Fsp3) is 0.800. The SMILES string of the molecule is C=C(Cl)CN[C@@]1(CCCOC)CCCC[C@H]1C(C)=O. The van der Waals surface area contributed by atoms with E-state index in [0.29, 0.717) is 11.6 Å². The molecule has 0 aromatic heterocycles. The molecule has 1 aliphatic carbocycles. The van der Waals surface area contributed by atoms with Crippen LogP contribution in [0.5, 0.6) is 0 Å². The van der Waals surface area contributed by atoms with Crippen LogP contribution in [0, 0.1) is 5.92 Å². The zero-order valence-electron chi connectivity index (χ0n) is 12.1. The first kappa shape index (κ1) is 16.7. The first-order chi connectivity index (χ1) is 9.02. The number of ketones is 1. The first-order valence-corrected chi connectivity index (χ1v) is 7.47. The molecule has 4 heteroatoms. The number of rotatable bonds is 8. The van der Waals surface area contributed by atoms with Gasteiger partial charge in [-0.05, 0) is 32.6 Å². The van der Waals surface area contributed by atoms with Crippen LogP contribution < -0.4 is 5.32 Å². The molecule has 2 atom stereocenters. The molecule has 1 rings (SSSR count). The lowest BCUT2D eigenvalue weighted by atomic mass is 9.68. The van der Waals surface area contributed by atoms with Crippen molar-refractivity contribution in [3.8, 4) is 0 Å². The molecule has 0 aromatic carbocycles. The van der Waals surface area contributed by atoms with Crippen LogP contribution in [0.2, 0.25) is 0 Å². The normalized spacial score (nSPS) is 27.2. The Bertz CT molecular complexity index is 319. The van der Waals surface area contributed by atoms with Crippen LogP contribution >= 0.6 is 11.6 Å². The predicted molar refractivity (Wildman–Crippen MR) is 79.5 cm³/mol. The summed E-state index contributed by atoms with van der Waals surface area (Å²) >= 11 is 5.88. The molecular formula is C15H26ClNO2. The number of carbonyl (C=O) groups excluding carboxylic acids is 1. The zero-order valence-corrected chi connectivity index (χ0v) is 12.9. The van der Waals surface area contributed by atoms with E-state index in [1.165, 1.54) is 6.42 Å². The van der Waals surface area contributed by atoms with Crippen LogP contribution in [0.3, 0.4) is 0 Å². The second-order valence-corrected chi connectivity index (χ2v) is 6.07. The lowest BCUT2D eigenvalue weighted by Crippen LogP contribution is -2.55. The molecule has 0 radical (unpaired) electrons. The van der Waals surface area contributed by atoms with E-state index in [-0.39, 0.29) is 17.2 Å². The highest BCUT2D eigenvalue weighted by Crippen LogP contribution is 2.38. The van der Waals surface area contributed by atoms with Crippen molar-refractivity contribution in [3.63, 3.8) is 0 Å². The van der Waals surface area contributed by atoms with E-state index in [1.807, 2.05) is 0 Å². The van der Waals surface area contributed by atoms with Gasteiger partial charge in [-0.3, -0.25) is 4.79 Å². The van der Waals surface area contributed by atoms with Gasteiger partial charge < -0.3 is 10.1 Å². The number of halogens is 1. The Balaban J connectivity index is 2.79. The van der Waals surface area contributed by atoms with E-state index in [1.54, 1.807) is 14.0 Å². The number of ether oxygens (including phenoxy) is 1. The van der Waals surface area contributed by atoms with E-state index in [4.69, 9.17) is 16.3 Å². The van der Waals surface area contributed by atoms with Crippen LogP contribution in [0.15, 0.2) is 11.6 Å². The molecule has 0 saturated heterocycles. The first-order valence-electron chi connectivity index (χ1n) is 7.09. The summed E-state index contributed by atoms with van der Waals surface area (Å²) in [7, 11) is 1.71. The van der Waals surface area contributed by atoms with Gasteiger partial charge in [-0.25, -0.2) is 0 Å². The highest BCUT2D eigenvalue weighted by molar-refractivity contribution is 6.29. The molecule has 0 spiro atoms. The van der Waals surface area contributed by atoms with Crippen molar-refractivity contribution in [3.05, 3.63) is 11.6 Å². The Hall–Kier alpha value is -0.380. The Morgan fingerprint density at radius 2 is 2.26 bits per heavy atom. The monoisotopic (exact) mass is 287 g/mol. The second-order valence-electron chi connectivity index (χ2n) is 5.53. The molecule has 3 nitrogen and oxygen atoms in total. The van der Waals surface area contributed by atoms with Crippen LogP contribution in [-0.2, 0) is 9.53 Å². The Morgan fingerprint density at radius 1 is 1.53 bits per heavy atom. The number of hydrogen-bond acceptors (Lipinski definition) is 3. The lowest BCUT2D eigenvalue weighted by Gasteiger charge is -2.44. The summed E-state index contributed by atoms with van der Waals surface area (Å²) in [6, 6.07) is 0. The smallest absolute Gasteiger partial charge is 0.134 e. The van der Waals surface area contributed by atoms with Gasteiger partial charge in [0.05, 0.1) is 0 Å². The van der Waals surface area contributed by atoms with Crippen molar-refractivity contribution in [2.24, 2.45) is 5.92 Å². The fourth-order valence-corrected chi connectivity index (χ4v) is 3.30. The lowest BCUT2D eigenvalue weighted by molar-refractivity contribution is -0.125. The number of Topliss-reactive ketones (excluding diaryl/α,β-unsaturated/α-hetero) is 1. The summed E-state index contributed by atoms with van der Waals surface area (Å²) in [4.78, 5) is 12.0. The van der Waals surface area contributed by atoms with Gasteiger partial charge in [0.2, 0.25) is 0 Å². The fourth-order valence-electron chi connectivity index (χ4n) is 3.23. The summed E-state index contributed by atoms with van der Waals surface area (Å²) in [6.45, 7) is 6.74. The van der Waals surface area contributed by atoms with Crippen LogP contribution in [0.25, 0.3) is 0 Å². The third kappa shape index (κ3) is 4.90. The molecule has 1 aliphatic rings. The Labute approximate surface area is 121 Å². The highest BCUT2D eigenvalue weighted by atomic mass is 35.5. The van der Waals surface area contributed by atoms with Crippen LogP contribution in [0.4, 0.5) is 0 Å². The third-order valence-corrected chi connectivity index (χ3v) is 4.26. The van der Waals surface area contributed by atoms with Gasteiger partial charge in [0.15, 0.2) is 0 Å². The summed E-state index contributed by atoms with van der Waals surface area (Å²) < 4.78 is 5.14. The molecule has 0 heterocycles. The maximum absolute atomic E-state index is 12.0. The largest absolute Gasteiger partial charge is 0.385 e. The minimum Gasteiger partial charge on any atom is -0.385 e. The van der Waals surface area contributed by atoms with Crippen molar-refractivity contribution in [1.82, 2.24) is 5.32 Å². The average molecular weight is 288 g/mol. The number of nitrogens with one attached hydrogen (secondary N) is 1. The predicted octanol–water partition coefficient (Wildman–Crippen LogP) is 3.27. The molecule has 19 heavy (non-hydrogen) atoms. The van der Waals surface area contributed by atoms with Gasteiger partial charge in [0.25, 0.3) is 0 Å². The molecule has 1 saturated carbocycles. The molecule has 1 fully saturated rings. The molecule has 1 N–H and O–H groups in total. The van der Waals surface area contributed by atoms with Crippen molar-refractivity contribution < 1.29 is 9.53 Å². The van der Waals surface area contributed by atoms with Gasteiger partial charge in [0.1, 0.15) is 5.78 Å². The molecule has 0 bridgehead atoms. The quantitative estimate of drug-likeness (QED) is 0.696. The number of methoxy groups -OCH3 is 1. The Kier molecular flexibility index (Phi) is 7.05. The van der Waals surface area contributed by atoms with Gasteiger partial charge in [0, 0.05) is 36.8 Å². The topological polar surface area (TPSA) is 38.3 Å². The van der Waals surface area contributed by atoms with Gasteiger partial charge in [-0.2, -0.15) is 0 Å². The van der Waals surface area contributed by atoms with Crippen LogP contribution in [0.1, 0.15) is 45.4 Å². The van der Waals surface area contributed by atoms with E-state index in [9.17, 15) is 4.79 Å². The van der Waals surface area contributed by atoms with Gasteiger partial charge in [-0.15, -0.1) is 0 Å². The number of carbonyl (C=O) groups is 1. The van der Waals surface area contributed by atoms with Crippen LogP contribution in [-0.4, -0.2) is 31.6 Å². The van der Waals surface area contributed by atoms with Crippen molar-refractivity contribution in [2.75, 3.05) is 20.3 Å². The molecule has 0 aromatic rings. The summed E-state index contributed by atoms with van der Waals surface area (Å²) in [5.41, 5.74) is -0.125. The van der Waals surface area contributed by atoms with E-state index >= 15 is 0 Å². The average Bonchev–Trinajstić information content (AvgIpc) is 2.37. The standard InChI is InChI=1S/C15H26ClNO2/c1-12(16)11-17-15(9-6-10-19-3)8-5-4-7-14(15)13(2)18/h14,17H,1,4-11H2,2-3H3/t14-,15+/m0/s1. The van der Waals surface area contributed by atoms with E-state index < -0.39 is 0 Å². The second kappa shape index (κ2) is 8.03. The summed E-state index contributed by atoms with van der Waals surface area (Å²) in [5, 5.41) is 4.11. The zero-order chi connectivity index (χ0) is 14.3. The molecule has 0 aliphatic heterocycles. The maximum atomic E-state index is 12.0. The van der Waals surface area contributed by atoms with Gasteiger partial charge >= 0.3 is 0 Å². The Morgan fingerprint density at radius 3 is 2.84 bits per heavy atom. The minimum absolute atomic E-state index is 0.0918. The van der Waals surface area contributed by atoms with Crippen molar-refractivity contribution in [1.29, 1.82) is 0 Å². The highest BCUT2D eigenvalue weighted by Gasteiger charge is 2.42. The number of hydrogen-bond donors (Lipinski definition) is 1. The molecule has 110 valence electrons. The third-order valence-electron chi connectivity index (χ3n) is 4.13. The summed E-state index contributed by atoms with van der Waals surface area (Å²) in [6.07, 6.45) is 6.23. The van der Waals surface area contributed by atoms with E-state index in [2.05, 4.69) is 11.9 Å². The molecule has 0 amide bonds. The summed E-state index contributed by atoms with van der Waals surface area (Å²) in [5.74, 6) is 0.374. The van der Waals surface area contributed by atoms with Gasteiger partial charge in [-0.1, -0.05) is 31.0 Å². The van der Waals surface area contributed by atoms with Crippen molar-refractivity contribution >= 4 is 17.4 Å². The molecule has 0 unspecified atom stereocenters. The van der Waals surface area contributed by atoms with E-state index in [0.717, 1.165) is 38.7 Å². The maximum Gasteiger partial charge on any atom is 0.134 e. The minimum atomic E-state index is -0.125. The van der Waals surface area contributed by atoms with Crippen molar-refractivity contribution in [2.45, 2.75) is 51.0 Å².